The molecule has 3 aliphatic heterocycles. The second-order valence-electron chi connectivity index (χ2n) is 20.3. The molecule has 2 amide bonds. The van der Waals surface area contributed by atoms with Crippen molar-refractivity contribution in [3.05, 3.63) is 101 Å². The van der Waals surface area contributed by atoms with Crippen LogP contribution in [0.1, 0.15) is 109 Å². The van der Waals surface area contributed by atoms with Gasteiger partial charge in [0.1, 0.15) is 6.10 Å². The zero-order valence-corrected chi connectivity index (χ0v) is 39.5. The Labute approximate surface area is 385 Å². The van der Waals surface area contributed by atoms with Crippen molar-refractivity contribution < 1.29 is 43.0 Å². The van der Waals surface area contributed by atoms with E-state index in [1.54, 1.807) is 9.80 Å². The summed E-state index contributed by atoms with van der Waals surface area (Å²) in [5.74, 6) is -2.37. The predicted octanol–water partition coefficient (Wildman–Crippen LogP) is 7.71. The zero-order valence-electron chi connectivity index (χ0n) is 39.5. The molecule has 3 saturated heterocycles. The first-order valence-corrected chi connectivity index (χ1v) is 23.4. The molecule has 0 aliphatic carbocycles. The summed E-state index contributed by atoms with van der Waals surface area (Å²) in [6.45, 7) is 14.8. The van der Waals surface area contributed by atoms with E-state index in [-0.39, 0.29) is 55.2 Å². The Morgan fingerprint density at radius 3 is 1.49 bits per heavy atom. The molecule has 350 valence electrons. The molecule has 0 N–H and O–H groups in total. The molecule has 3 aliphatic rings. The lowest BCUT2D eigenvalue weighted by Gasteiger charge is -2.34. The largest absolute Gasteiger partial charge is 0.469 e. The van der Waals surface area contributed by atoms with Crippen molar-refractivity contribution in [1.82, 2.24) is 9.80 Å². The molecule has 0 radical (unpaired) electrons. The minimum absolute atomic E-state index is 0.00152. The van der Waals surface area contributed by atoms with E-state index in [2.05, 4.69) is 41.3 Å². The van der Waals surface area contributed by atoms with Gasteiger partial charge in [0, 0.05) is 51.1 Å². The summed E-state index contributed by atoms with van der Waals surface area (Å²) >= 11 is 0. The Kier molecular flexibility index (Phi) is 16.4. The van der Waals surface area contributed by atoms with E-state index in [0.717, 1.165) is 40.8 Å². The number of hydrogen-bond donors (Lipinski definition) is 0. The third-order valence-corrected chi connectivity index (χ3v) is 13.3. The Morgan fingerprint density at radius 2 is 1.08 bits per heavy atom. The molecule has 65 heavy (non-hydrogen) atoms. The standard InChI is InChI=1S/C53H69N3O9/c1-52(2,3)42(31-48(59)63-7)50(61)55-26-11-15-44(55)46(57)29-36-17-21-38(22-18-36)33-54(40-13-9-8-10-14-40)34-39-23-19-37(20-24-39)30-47(58)45-16-12-27-56(45)51(62)43(53(4,5)6)32-49(60)65-41-25-28-64-35-41/h8-10,13-14,17-24,41-45H,11-12,15-16,25-35H2,1-7H3/t41-,42+,43+,44-,45-/m0/s1. The summed E-state index contributed by atoms with van der Waals surface area (Å²) in [7, 11) is 1.32. The van der Waals surface area contributed by atoms with Crippen LogP contribution in [-0.2, 0) is 68.9 Å². The summed E-state index contributed by atoms with van der Waals surface area (Å²) in [6.07, 6.45) is 3.43. The molecule has 3 fully saturated rings. The number of Topliss-reactive ketones (excluding diaryl/α,β-unsaturated/α-hetero) is 2. The van der Waals surface area contributed by atoms with Gasteiger partial charge in [-0.25, -0.2) is 0 Å². The molecule has 3 aromatic carbocycles. The monoisotopic (exact) mass is 892 g/mol. The molecular formula is C53H69N3O9. The second kappa shape index (κ2) is 21.8. The van der Waals surface area contributed by atoms with Gasteiger partial charge in [-0.2, -0.15) is 0 Å². The number of anilines is 1. The van der Waals surface area contributed by atoms with Gasteiger partial charge in [-0.3, -0.25) is 28.8 Å². The summed E-state index contributed by atoms with van der Waals surface area (Å²) < 4.78 is 15.9. The zero-order chi connectivity index (χ0) is 46.9. The van der Waals surface area contributed by atoms with Crippen molar-refractivity contribution in [1.29, 1.82) is 0 Å². The first kappa shape index (κ1) is 49.1. The van der Waals surface area contributed by atoms with Crippen LogP contribution in [-0.4, -0.2) is 96.7 Å². The van der Waals surface area contributed by atoms with Crippen LogP contribution in [0.2, 0.25) is 0 Å². The number of ketones is 2. The van der Waals surface area contributed by atoms with Gasteiger partial charge in [0.15, 0.2) is 11.6 Å². The lowest BCUT2D eigenvalue weighted by molar-refractivity contribution is -0.156. The highest BCUT2D eigenvalue weighted by molar-refractivity contribution is 5.94. The van der Waals surface area contributed by atoms with Crippen molar-refractivity contribution in [3.8, 4) is 0 Å². The van der Waals surface area contributed by atoms with Crippen LogP contribution in [0.5, 0.6) is 0 Å². The van der Waals surface area contributed by atoms with E-state index in [0.29, 0.717) is 58.7 Å². The SMILES string of the molecule is COC(=O)C[C@H](C(=O)N1CCC[C@H]1C(=O)Cc1ccc(CN(Cc2ccc(CC(=O)[C@@H]3CCCN3C(=O)[C@@H](CC(=O)O[C@H]3CCOC3)C(C)(C)C)cc2)c2ccccc2)cc1)C(C)(C)C. The fraction of sp³-hybridized carbons (Fsp3) is 0.547. The van der Waals surface area contributed by atoms with Crippen LogP contribution in [0, 0.1) is 22.7 Å². The van der Waals surface area contributed by atoms with E-state index in [1.807, 2.05) is 84.0 Å². The molecule has 3 heterocycles. The molecule has 0 bridgehead atoms. The molecule has 12 nitrogen and oxygen atoms in total. The summed E-state index contributed by atoms with van der Waals surface area (Å²) in [5, 5.41) is 0. The highest BCUT2D eigenvalue weighted by Gasteiger charge is 2.43. The Hall–Kier alpha value is -5.36. The third kappa shape index (κ3) is 13.1. The lowest BCUT2D eigenvalue weighted by Crippen LogP contribution is -2.47. The average molecular weight is 892 g/mol. The molecular weight excluding hydrogens is 823 g/mol. The van der Waals surface area contributed by atoms with Crippen LogP contribution in [0.4, 0.5) is 5.69 Å². The fourth-order valence-corrected chi connectivity index (χ4v) is 9.40. The van der Waals surface area contributed by atoms with Crippen LogP contribution in [0.3, 0.4) is 0 Å². The number of amides is 2. The van der Waals surface area contributed by atoms with Gasteiger partial charge in [-0.15, -0.1) is 0 Å². The van der Waals surface area contributed by atoms with Crippen molar-refractivity contribution >= 4 is 41.0 Å². The number of methoxy groups -OCH3 is 1. The summed E-state index contributed by atoms with van der Waals surface area (Å²) in [5.41, 5.74) is 3.99. The predicted molar refractivity (Wildman–Crippen MR) is 249 cm³/mol. The summed E-state index contributed by atoms with van der Waals surface area (Å²) in [4.78, 5) is 86.2. The number of benzene rings is 3. The minimum atomic E-state index is -0.611. The maximum absolute atomic E-state index is 14.0. The highest BCUT2D eigenvalue weighted by Crippen LogP contribution is 2.36. The van der Waals surface area contributed by atoms with Crippen LogP contribution >= 0.6 is 0 Å². The van der Waals surface area contributed by atoms with Crippen molar-refractivity contribution in [2.24, 2.45) is 22.7 Å². The number of esters is 2. The number of carbonyl (C=O) groups is 6. The smallest absolute Gasteiger partial charge is 0.306 e. The van der Waals surface area contributed by atoms with Gasteiger partial charge in [0.05, 0.1) is 57.1 Å². The van der Waals surface area contributed by atoms with Crippen LogP contribution < -0.4 is 4.90 Å². The Morgan fingerprint density at radius 1 is 0.631 bits per heavy atom. The molecule has 0 aromatic heterocycles. The van der Waals surface area contributed by atoms with Gasteiger partial charge >= 0.3 is 11.9 Å². The first-order chi connectivity index (χ1) is 30.9. The van der Waals surface area contributed by atoms with Crippen LogP contribution in [0.25, 0.3) is 0 Å². The molecule has 0 unspecified atom stereocenters. The number of carbonyl (C=O) groups excluding carboxylic acids is 6. The molecule has 5 atom stereocenters. The third-order valence-electron chi connectivity index (χ3n) is 13.3. The number of likely N-dealkylation sites (tertiary alicyclic amines) is 2. The first-order valence-electron chi connectivity index (χ1n) is 23.4. The number of nitrogens with zero attached hydrogens (tertiary/aromatic N) is 3. The lowest BCUT2D eigenvalue weighted by atomic mass is 9.77. The summed E-state index contributed by atoms with van der Waals surface area (Å²) in [6, 6.07) is 25.3. The maximum Gasteiger partial charge on any atom is 0.306 e. The van der Waals surface area contributed by atoms with E-state index in [4.69, 9.17) is 14.2 Å². The topological polar surface area (TPSA) is 140 Å². The Balaban J connectivity index is 1.06. The van der Waals surface area contributed by atoms with Gasteiger partial charge in [-0.05, 0) is 70.9 Å². The van der Waals surface area contributed by atoms with Gasteiger partial charge in [-0.1, -0.05) is 108 Å². The van der Waals surface area contributed by atoms with Gasteiger partial charge in [0.2, 0.25) is 11.8 Å². The fourth-order valence-electron chi connectivity index (χ4n) is 9.40. The normalized spacial score (nSPS) is 19.7. The highest BCUT2D eigenvalue weighted by atomic mass is 16.6. The molecule has 6 rings (SSSR count). The van der Waals surface area contributed by atoms with Crippen LogP contribution in [0.15, 0.2) is 78.9 Å². The number of ether oxygens (including phenoxy) is 3. The molecule has 3 aromatic rings. The van der Waals surface area contributed by atoms with Gasteiger partial charge in [0.25, 0.3) is 0 Å². The van der Waals surface area contributed by atoms with E-state index in [1.165, 1.54) is 7.11 Å². The molecule has 12 heteroatoms. The second-order valence-corrected chi connectivity index (χ2v) is 20.3. The molecule has 0 saturated carbocycles. The number of para-hydroxylation sites is 1. The maximum atomic E-state index is 14.0. The average Bonchev–Trinajstić information content (AvgIpc) is 4.08. The number of hydrogen-bond acceptors (Lipinski definition) is 10. The Bertz CT molecular complexity index is 2120. The van der Waals surface area contributed by atoms with E-state index < -0.39 is 46.7 Å². The van der Waals surface area contributed by atoms with Crippen molar-refractivity contribution in [2.75, 3.05) is 38.3 Å². The van der Waals surface area contributed by atoms with E-state index >= 15 is 0 Å². The van der Waals surface area contributed by atoms with E-state index in [9.17, 15) is 28.8 Å². The quantitative estimate of drug-likeness (QED) is 0.117. The van der Waals surface area contributed by atoms with Gasteiger partial charge < -0.3 is 28.9 Å². The minimum Gasteiger partial charge on any atom is -0.469 e. The molecule has 0 spiro atoms. The van der Waals surface area contributed by atoms with Crippen molar-refractivity contribution in [2.45, 2.75) is 131 Å². The van der Waals surface area contributed by atoms with Crippen molar-refractivity contribution in [3.63, 3.8) is 0 Å². The number of rotatable bonds is 18.